The first-order valence-electron chi connectivity index (χ1n) is 9.85. The van der Waals surface area contributed by atoms with Crippen molar-refractivity contribution in [3.05, 3.63) is 72.9 Å². The molecule has 0 atom stereocenters. The zero-order valence-corrected chi connectivity index (χ0v) is 16.8. The van der Waals surface area contributed by atoms with E-state index in [4.69, 9.17) is 4.74 Å². The molecule has 0 aliphatic heterocycles. The molecule has 1 N–H and O–H groups in total. The lowest BCUT2D eigenvalue weighted by Gasteiger charge is -2.14. The molecule has 5 rings (SSSR count). The van der Waals surface area contributed by atoms with Crippen LogP contribution in [0.15, 0.2) is 67.3 Å². The van der Waals surface area contributed by atoms with Crippen LogP contribution in [0.2, 0.25) is 0 Å². The molecule has 1 aliphatic carbocycles. The number of fused-ring (bicyclic) bond motifs is 1. The predicted octanol–water partition coefficient (Wildman–Crippen LogP) is 2.92. The summed E-state index contributed by atoms with van der Waals surface area (Å²) in [5, 5.41) is 8.33. The van der Waals surface area contributed by atoms with Crippen LogP contribution in [-0.2, 0) is 9.53 Å². The van der Waals surface area contributed by atoms with Gasteiger partial charge in [0.25, 0.3) is 5.91 Å². The van der Waals surface area contributed by atoms with E-state index in [-0.39, 0.29) is 5.69 Å². The smallest absolute Gasteiger partial charge is 0.331 e. The Labute approximate surface area is 177 Å². The highest BCUT2D eigenvalue weighted by atomic mass is 16.5. The van der Waals surface area contributed by atoms with Crippen molar-refractivity contribution in [1.82, 2.24) is 25.1 Å². The zero-order chi connectivity index (χ0) is 21.4. The molecule has 1 amide bonds. The summed E-state index contributed by atoms with van der Waals surface area (Å²) in [5.74, 6) is -0.816. The molecule has 0 unspecified atom stereocenters. The van der Waals surface area contributed by atoms with Crippen LogP contribution in [0, 0.1) is 0 Å². The Kier molecular flexibility index (Phi) is 4.47. The Bertz CT molecular complexity index is 1300. The quantitative estimate of drug-likeness (QED) is 0.505. The normalized spacial score (nSPS) is 14.2. The summed E-state index contributed by atoms with van der Waals surface area (Å²) in [5.41, 5.74) is 2.85. The number of nitrogens with zero attached hydrogens (tertiary/aromatic N) is 4. The summed E-state index contributed by atoms with van der Waals surface area (Å²) in [6.07, 6.45) is 8.15. The molecule has 1 saturated carbocycles. The van der Waals surface area contributed by atoms with Gasteiger partial charge >= 0.3 is 5.97 Å². The van der Waals surface area contributed by atoms with Gasteiger partial charge in [-0.25, -0.2) is 9.48 Å². The van der Waals surface area contributed by atoms with Crippen LogP contribution in [0.25, 0.3) is 27.7 Å². The van der Waals surface area contributed by atoms with E-state index >= 15 is 0 Å². The van der Waals surface area contributed by atoms with Gasteiger partial charge in [-0.1, -0.05) is 6.07 Å². The maximum Gasteiger partial charge on any atom is 0.331 e. The van der Waals surface area contributed by atoms with Gasteiger partial charge in [-0.2, -0.15) is 5.10 Å². The molecule has 8 heteroatoms. The summed E-state index contributed by atoms with van der Waals surface area (Å²) >= 11 is 0. The van der Waals surface area contributed by atoms with Gasteiger partial charge in [0.05, 0.1) is 24.5 Å². The summed E-state index contributed by atoms with van der Waals surface area (Å²) in [6, 6.07) is 13.3. The van der Waals surface area contributed by atoms with Crippen molar-refractivity contribution in [2.75, 3.05) is 7.11 Å². The molecule has 154 valence electrons. The van der Waals surface area contributed by atoms with E-state index in [9.17, 15) is 9.59 Å². The highest BCUT2D eigenvalue weighted by Gasteiger charge is 2.52. The van der Waals surface area contributed by atoms with Crippen LogP contribution in [0.3, 0.4) is 0 Å². The molecule has 0 radical (unpaired) electrons. The Morgan fingerprint density at radius 1 is 1.10 bits per heavy atom. The van der Waals surface area contributed by atoms with Gasteiger partial charge in [0.15, 0.2) is 0 Å². The molecule has 4 aromatic rings. The number of aromatic nitrogens is 4. The Balaban J connectivity index is 1.43. The number of pyridine rings is 2. The van der Waals surface area contributed by atoms with E-state index in [0.29, 0.717) is 12.8 Å². The molecule has 8 nitrogen and oxygen atoms in total. The summed E-state index contributed by atoms with van der Waals surface area (Å²) < 4.78 is 6.58. The summed E-state index contributed by atoms with van der Waals surface area (Å²) in [4.78, 5) is 32.9. The number of hydrogen-bond acceptors (Lipinski definition) is 6. The van der Waals surface area contributed by atoms with Gasteiger partial charge in [-0.15, -0.1) is 0 Å². The lowest BCUT2D eigenvalue weighted by atomic mass is 10.0. The monoisotopic (exact) mass is 413 g/mol. The minimum atomic E-state index is -0.913. The molecule has 3 aromatic heterocycles. The topological polar surface area (TPSA) is 99.0 Å². The number of benzene rings is 1. The molecular weight excluding hydrogens is 394 g/mol. The van der Waals surface area contributed by atoms with E-state index in [1.807, 2.05) is 42.6 Å². The molecule has 0 bridgehead atoms. The SMILES string of the molecule is COC(=O)C1(NC(=O)c2cc(-c3ccc4nn(-c5cccnc5)cc4c3)ccn2)CC1. The van der Waals surface area contributed by atoms with Gasteiger partial charge in [-0.3, -0.25) is 14.8 Å². The minimum absolute atomic E-state index is 0.249. The summed E-state index contributed by atoms with van der Waals surface area (Å²) in [6.45, 7) is 0. The number of nitrogens with one attached hydrogen (secondary N) is 1. The number of carbonyl (C=O) groups is 2. The van der Waals surface area contributed by atoms with Crippen LogP contribution in [-0.4, -0.2) is 44.3 Å². The lowest BCUT2D eigenvalue weighted by molar-refractivity contribution is -0.144. The van der Waals surface area contributed by atoms with E-state index in [0.717, 1.165) is 27.7 Å². The van der Waals surface area contributed by atoms with Crippen molar-refractivity contribution in [2.24, 2.45) is 0 Å². The largest absolute Gasteiger partial charge is 0.467 e. The number of carbonyl (C=O) groups excluding carboxylic acids is 2. The average molecular weight is 413 g/mol. The maximum atomic E-state index is 12.7. The van der Waals surface area contributed by atoms with Crippen LogP contribution in [0.5, 0.6) is 0 Å². The molecule has 1 fully saturated rings. The highest BCUT2D eigenvalue weighted by molar-refractivity contribution is 5.99. The van der Waals surface area contributed by atoms with Crippen LogP contribution in [0.4, 0.5) is 0 Å². The first-order chi connectivity index (χ1) is 15.1. The van der Waals surface area contributed by atoms with Crippen molar-refractivity contribution in [2.45, 2.75) is 18.4 Å². The van der Waals surface area contributed by atoms with Crippen molar-refractivity contribution in [3.63, 3.8) is 0 Å². The minimum Gasteiger partial charge on any atom is -0.467 e. The van der Waals surface area contributed by atoms with Gasteiger partial charge < -0.3 is 10.1 Å². The average Bonchev–Trinajstić information content (AvgIpc) is 3.47. The number of hydrogen-bond donors (Lipinski definition) is 1. The first-order valence-corrected chi connectivity index (χ1v) is 9.85. The highest BCUT2D eigenvalue weighted by Crippen LogP contribution is 2.36. The molecule has 0 spiro atoms. The third-order valence-electron chi connectivity index (χ3n) is 5.42. The van der Waals surface area contributed by atoms with Crippen LogP contribution >= 0.6 is 0 Å². The first kappa shape index (κ1) is 18.9. The number of esters is 1. The molecular formula is C23H19N5O3. The van der Waals surface area contributed by atoms with Crippen molar-refractivity contribution in [1.29, 1.82) is 0 Å². The van der Waals surface area contributed by atoms with Gasteiger partial charge in [0, 0.05) is 24.0 Å². The van der Waals surface area contributed by atoms with Crippen molar-refractivity contribution >= 4 is 22.8 Å². The fraction of sp³-hybridized carbons (Fsp3) is 0.174. The van der Waals surface area contributed by atoms with E-state index in [1.165, 1.54) is 7.11 Å². The van der Waals surface area contributed by atoms with Gasteiger partial charge in [-0.05, 0) is 60.4 Å². The second kappa shape index (κ2) is 7.32. The third kappa shape index (κ3) is 3.52. The fourth-order valence-electron chi connectivity index (χ4n) is 3.54. The number of amides is 1. The Morgan fingerprint density at radius 3 is 2.68 bits per heavy atom. The molecule has 1 aliphatic rings. The second-order valence-electron chi connectivity index (χ2n) is 7.52. The molecule has 3 heterocycles. The van der Waals surface area contributed by atoms with E-state index in [1.54, 1.807) is 29.3 Å². The Morgan fingerprint density at radius 2 is 1.94 bits per heavy atom. The van der Waals surface area contributed by atoms with Gasteiger partial charge in [0.1, 0.15) is 11.2 Å². The van der Waals surface area contributed by atoms with Crippen molar-refractivity contribution in [3.8, 4) is 16.8 Å². The third-order valence-corrected chi connectivity index (χ3v) is 5.42. The lowest BCUT2D eigenvalue weighted by Crippen LogP contribution is -2.44. The van der Waals surface area contributed by atoms with Crippen molar-refractivity contribution < 1.29 is 14.3 Å². The summed E-state index contributed by atoms with van der Waals surface area (Å²) in [7, 11) is 1.32. The van der Waals surface area contributed by atoms with Crippen LogP contribution in [0.1, 0.15) is 23.3 Å². The van der Waals surface area contributed by atoms with Crippen LogP contribution < -0.4 is 5.32 Å². The zero-order valence-electron chi connectivity index (χ0n) is 16.8. The second-order valence-corrected chi connectivity index (χ2v) is 7.52. The molecule has 1 aromatic carbocycles. The van der Waals surface area contributed by atoms with E-state index < -0.39 is 17.4 Å². The number of rotatable bonds is 5. The van der Waals surface area contributed by atoms with E-state index in [2.05, 4.69) is 20.4 Å². The fourth-order valence-corrected chi connectivity index (χ4v) is 3.54. The predicted molar refractivity (Wildman–Crippen MR) is 114 cm³/mol. The Hall–Kier alpha value is -4.07. The maximum absolute atomic E-state index is 12.7. The molecule has 31 heavy (non-hydrogen) atoms. The molecule has 0 saturated heterocycles. The number of ether oxygens (including phenoxy) is 1. The van der Waals surface area contributed by atoms with Gasteiger partial charge in [0.2, 0.25) is 0 Å². The standard InChI is InChI=1S/C23H19N5O3/c1-31-22(30)23(7-8-23)26-21(29)20-12-16(6-10-25-20)15-4-5-19-17(11-15)14-28(27-19)18-3-2-9-24-13-18/h2-6,9-14H,7-8H2,1H3,(H,26,29). The number of methoxy groups -OCH3 is 1.